The van der Waals surface area contributed by atoms with Gasteiger partial charge in [0.1, 0.15) is 6.04 Å². The number of rotatable bonds is 5. The average molecular weight is 318 g/mol. The Morgan fingerprint density at radius 3 is 2.52 bits per heavy atom. The maximum absolute atomic E-state index is 12.6. The lowest BCUT2D eigenvalue weighted by molar-refractivity contribution is -0.135. The average Bonchev–Trinajstić information content (AvgIpc) is 2.95. The van der Waals surface area contributed by atoms with Gasteiger partial charge in [-0.3, -0.25) is 15.0 Å². The zero-order valence-electron chi connectivity index (χ0n) is 12.3. The van der Waals surface area contributed by atoms with Crippen LogP contribution in [0, 0.1) is 0 Å². The molecule has 2 N–H and O–H groups in total. The van der Waals surface area contributed by atoms with Gasteiger partial charge in [0.05, 0.1) is 17.9 Å². The first-order valence-corrected chi connectivity index (χ1v) is 8.80. The fraction of sp³-hybridized carbons (Fsp3) is 0.833. The minimum absolute atomic E-state index is 0.0142. The lowest BCUT2D eigenvalue weighted by atomic mass is 10.1. The molecule has 0 radical (unpaired) electrons. The maximum Gasteiger partial charge on any atom is 0.242 e. The topological polar surface area (TPSA) is 98.8 Å². The molecule has 2 aliphatic heterocycles. The molecule has 0 aromatic heterocycles. The normalized spacial score (nSPS) is 27.9. The van der Waals surface area contributed by atoms with Crippen LogP contribution in [-0.2, 0) is 19.4 Å². The summed E-state index contributed by atoms with van der Waals surface area (Å²) in [4.78, 5) is 27.3. The Balaban J connectivity index is 2.08. The van der Waals surface area contributed by atoms with E-state index in [0.717, 1.165) is 0 Å². The number of nitrogens with one attached hydrogen (secondary N) is 2. The molecule has 2 aliphatic rings. The van der Waals surface area contributed by atoms with E-state index in [-0.39, 0.29) is 35.8 Å². The summed E-state index contributed by atoms with van der Waals surface area (Å²) in [5.41, 5.74) is 5.08. The van der Waals surface area contributed by atoms with Crippen molar-refractivity contribution in [3.63, 3.8) is 0 Å². The van der Waals surface area contributed by atoms with E-state index < -0.39 is 15.9 Å². The number of sulfone groups is 1. The molecule has 2 heterocycles. The summed E-state index contributed by atoms with van der Waals surface area (Å²) >= 11 is 0. The predicted octanol–water partition coefficient (Wildman–Crippen LogP) is -2.04. The Morgan fingerprint density at radius 2 is 2.05 bits per heavy atom. The van der Waals surface area contributed by atoms with Crippen LogP contribution < -0.4 is 10.9 Å². The lowest BCUT2D eigenvalue weighted by Crippen LogP contribution is -2.52. The summed E-state index contributed by atoms with van der Waals surface area (Å²) in [7, 11) is 0.734. The van der Waals surface area contributed by atoms with Crippen molar-refractivity contribution in [3.05, 3.63) is 0 Å². The largest absolute Gasteiger partial charge is 0.336 e. The van der Waals surface area contributed by atoms with Gasteiger partial charge in [0.2, 0.25) is 11.8 Å². The Hall–Kier alpha value is -1.19. The van der Waals surface area contributed by atoms with Gasteiger partial charge in [-0.2, -0.15) is 0 Å². The molecule has 0 saturated carbocycles. The molecule has 2 unspecified atom stereocenters. The highest BCUT2D eigenvalue weighted by Crippen LogP contribution is 2.19. The molecule has 9 heteroatoms. The first-order chi connectivity index (χ1) is 9.78. The van der Waals surface area contributed by atoms with Gasteiger partial charge in [0.25, 0.3) is 0 Å². The van der Waals surface area contributed by atoms with Gasteiger partial charge in [-0.1, -0.05) is 0 Å². The van der Waals surface area contributed by atoms with E-state index in [1.807, 2.05) is 19.0 Å². The van der Waals surface area contributed by atoms with Crippen LogP contribution in [0.25, 0.3) is 0 Å². The predicted molar refractivity (Wildman–Crippen MR) is 77.0 cm³/mol. The third-order valence-corrected chi connectivity index (χ3v) is 5.54. The molecule has 8 nitrogen and oxygen atoms in total. The van der Waals surface area contributed by atoms with E-state index in [0.29, 0.717) is 19.5 Å². The van der Waals surface area contributed by atoms with E-state index >= 15 is 0 Å². The third-order valence-electron chi connectivity index (χ3n) is 3.79. The molecule has 0 spiro atoms. The summed E-state index contributed by atoms with van der Waals surface area (Å²) in [6, 6.07) is -0.900. The van der Waals surface area contributed by atoms with Crippen molar-refractivity contribution >= 4 is 21.7 Å². The zero-order valence-corrected chi connectivity index (χ0v) is 13.1. The molecule has 2 rings (SSSR count). The zero-order chi connectivity index (χ0) is 15.6. The van der Waals surface area contributed by atoms with Gasteiger partial charge in [-0.25, -0.2) is 13.8 Å². The molecule has 0 aliphatic carbocycles. The van der Waals surface area contributed by atoms with Crippen LogP contribution in [0.3, 0.4) is 0 Å². The molecule has 0 aromatic carbocycles. The van der Waals surface area contributed by atoms with Crippen LogP contribution >= 0.6 is 0 Å². The van der Waals surface area contributed by atoms with Crippen molar-refractivity contribution in [2.45, 2.75) is 24.9 Å². The Labute approximate surface area is 124 Å². The summed E-state index contributed by atoms with van der Waals surface area (Å²) in [6.07, 6.45) is 0.562. The highest BCUT2D eigenvalue weighted by Gasteiger charge is 2.38. The molecule has 0 bridgehead atoms. The van der Waals surface area contributed by atoms with Gasteiger partial charge in [0.15, 0.2) is 9.84 Å². The maximum atomic E-state index is 12.6. The van der Waals surface area contributed by atoms with Crippen LogP contribution in [0.2, 0.25) is 0 Å². The van der Waals surface area contributed by atoms with Crippen LogP contribution in [0.1, 0.15) is 12.8 Å². The Morgan fingerprint density at radius 1 is 1.33 bits per heavy atom. The lowest BCUT2D eigenvalue weighted by Gasteiger charge is -2.31. The molecule has 0 aromatic rings. The molecule has 2 atom stereocenters. The van der Waals surface area contributed by atoms with Crippen LogP contribution in [0.4, 0.5) is 0 Å². The first-order valence-electron chi connectivity index (χ1n) is 6.98. The molecule has 21 heavy (non-hydrogen) atoms. The van der Waals surface area contributed by atoms with Gasteiger partial charge in [-0.15, -0.1) is 0 Å². The van der Waals surface area contributed by atoms with Crippen molar-refractivity contribution in [2.24, 2.45) is 0 Å². The summed E-state index contributed by atoms with van der Waals surface area (Å²) < 4.78 is 23.3. The Kier molecular flexibility index (Phi) is 4.84. The quantitative estimate of drug-likeness (QED) is 0.606. The van der Waals surface area contributed by atoms with E-state index in [9.17, 15) is 18.0 Å². The summed E-state index contributed by atoms with van der Waals surface area (Å²) in [6.45, 7) is 1.11. The van der Waals surface area contributed by atoms with Crippen molar-refractivity contribution in [2.75, 3.05) is 38.7 Å². The fourth-order valence-electron chi connectivity index (χ4n) is 2.61. The molecule has 2 fully saturated rings. The number of hydrazine groups is 1. The van der Waals surface area contributed by atoms with Gasteiger partial charge in [-0.05, 0) is 20.5 Å². The number of amides is 2. The van der Waals surface area contributed by atoms with Crippen molar-refractivity contribution in [1.82, 2.24) is 20.7 Å². The molecule has 120 valence electrons. The molecular weight excluding hydrogens is 296 g/mol. The Bertz CT molecular complexity index is 519. The van der Waals surface area contributed by atoms with Crippen molar-refractivity contribution in [3.8, 4) is 0 Å². The number of carbonyl (C=O) groups is 2. The second kappa shape index (κ2) is 6.29. The minimum Gasteiger partial charge on any atom is -0.336 e. The van der Waals surface area contributed by atoms with E-state index in [1.54, 1.807) is 4.90 Å². The fourth-order valence-corrected chi connectivity index (χ4v) is 4.34. The second-order valence-electron chi connectivity index (χ2n) is 5.84. The highest BCUT2D eigenvalue weighted by molar-refractivity contribution is 7.91. The van der Waals surface area contributed by atoms with Crippen molar-refractivity contribution < 1.29 is 18.0 Å². The number of hydrogen-bond acceptors (Lipinski definition) is 6. The molecular formula is C12H22N4O4S. The number of nitrogens with zero attached hydrogens (tertiary/aromatic N) is 2. The first kappa shape index (κ1) is 16.2. The molecule has 2 saturated heterocycles. The SMILES string of the molecule is CN(C)CCN(C(=O)C1CC(=O)NN1)C1CCS(=O)(=O)C1. The third kappa shape index (κ3) is 4.14. The van der Waals surface area contributed by atoms with Crippen LogP contribution in [-0.4, -0.2) is 80.8 Å². The second-order valence-corrected chi connectivity index (χ2v) is 8.07. The van der Waals surface area contributed by atoms with E-state index in [1.165, 1.54) is 0 Å². The summed E-state index contributed by atoms with van der Waals surface area (Å²) in [5, 5.41) is 0. The van der Waals surface area contributed by atoms with Crippen molar-refractivity contribution in [1.29, 1.82) is 0 Å². The molecule has 2 amide bonds. The monoisotopic (exact) mass is 318 g/mol. The van der Waals surface area contributed by atoms with Gasteiger partial charge in [0, 0.05) is 19.1 Å². The van der Waals surface area contributed by atoms with Crippen LogP contribution in [0.5, 0.6) is 0 Å². The summed E-state index contributed by atoms with van der Waals surface area (Å²) in [5.74, 6) is -0.295. The van der Waals surface area contributed by atoms with E-state index in [2.05, 4.69) is 10.9 Å². The van der Waals surface area contributed by atoms with Gasteiger partial charge >= 0.3 is 0 Å². The van der Waals surface area contributed by atoms with Crippen LogP contribution in [0.15, 0.2) is 0 Å². The number of likely N-dealkylation sites (N-methyl/N-ethyl adjacent to an activating group) is 1. The van der Waals surface area contributed by atoms with Gasteiger partial charge < -0.3 is 9.80 Å². The highest BCUT2D eigenvalue weighted by atomic mass is 32.2. The smallest absolute Gasteiger partial charge is 0.242 e. The number of carbonyl (C=O) groups excluding carboxylic acids is 2. The number of hydrogen-bond donors (Lipinski definition) is 2. The van der Waals surface area contributed by atoms with E-state index in [4.69, 9.17) is 0 Å². The standard InChI is InChI=1S/C12H22N4O4S/c1-15(2)4-5-16(9-3-6-21(19,20)8-9)12(18)10-7-11(17)14-13-10/h9-10,13H,3-8H2,1-2H3,(H,14,17). The minimum atomic E-state index is -3.06.